The zero-order valence-corrected chi connectivity index (χ0v) is 11.4. The highest BCUT2D eigenvalue weighted by molar-refractivity contribution is 5.68. The van der Waals surface area contributed by atoms with Crippen LogP contribution in [0.15, 0.2) is 0 Å². The summed E-state index contributed by atoms with van der Waals surface area (Å²) in [6, 6.07) is -0.0858. The second kappa shape index (κ2) is 5.23. The van der Waals surface area contributed by atoms with E-state index in [9.17, 15) is 4.79 Å². The van der Waals surface area contributed by atoms with Crippen molar-refractivity contribution in [1.82, 2.24) is 10.6 Å². The second-order valence-corrected chi connectivity index (χ2v) is 5.56. The van der Waals surface area contributed by atoms with E-state index in [1.165, 1.54) is 0 Å². The van der Waals surface area contributed by atoms with Gasteiger partial charge in [-0.2, -0.15) is 0 Å². The maximum Gasteiger partial charge on any atom is 0.407 e. The Morgan fingerprint density at radius 1 is 1.47 bits per heavy atom. The molecular formula is C12H24N2O3. The number of carbonyl (C=O) groups is 1. The van der Waals surface area contributed by atoms with Gasteiger partial charge in [0.15, 0.2) is 0 Å². The highest BCUT2D eigenvalue weighted by atomic mass is 16.6. The Kier molecular flexibility index (Phi) is 4.38. The van der Waals surface area contributed by atoms with Gasteiger partial charge in [-0.3, -0.25) is 0 Å². The molecule has 0 radical (unpaired) electrons. The lowest BCUT2D eigenvalue weighted by Crippen LogP contribution is -2.54. The Hall–Kier alpha value is -0.810. The van der Waals surface area contributed by atoms with E-state index in [0.717, 1.165) is 19.5 Å². The minimum atomic E-state index is -0.474. The van der Waals surface area contributed by atoms with Gasteiger partial charge in [-0.15, -0.1) is 0 Å². The monoisotopic (exact) mass is 244 g/mol. The van der Waals surface area contributed by atoms with Crippen LogP contribution in [0.3, 0.4) is 0 Å². The first-order chi connectivity index (χ1) is 7.79. The number of nitrogens with one attached hydrogen (secondary N) is 2. The smallest absolute Gasteiger partial charge is 0.407 e. The average molecular weight is 244 g/mol. The standard InChI is InChI=1S/C12H24N2O3/c1-9(12(16-5)6-7-13-8-12)14-10(15)17-11(2,3)4/h9,13H,6-8H2,1-5H3,(H,14,15). The third-order valence-electron chi connectivity index (χ3n) is 3.08. The van der Waals surface area contributed by atoms with Crippen LogP contribution in [0.2, 0.25) is 0 Å². The van der Waals surface area contributed by atoms with Gasteiger partial charge in [0.2, 0.25) is 0 Å². The van der Waals surface area contributed by atoms with Gasteiger partial charge in [0.1, 0.15) is 11.2 Å². The van der Waals surface area contributed by atoms with Gasteiger partial charge in [0.25, 0.3) is 0 Å². The van der Waals surface area contributed by atoms with Gasteiger partial charge in [-0.05, 0) is 40.7 Å². The summed E-state index contributed by atoms with van der Waals surface area (Å²) in [4.78, 5) is 11.7. The maximum atomic E-state index is 11.7. The third kappa shape index (κ3) is 3.85. The Bertz CT molecular complexity index is 267. The molecule has 1 saturated heterocycles. The summed E-state index contributed by atoms with van der Waals surface area (Å²) in [7, 11) is 1.68. The molecule has 17 heavy (non-hydrogen) atoms. The minimum Gasteiger partial charge on any atom is -0.444 e. The predicted molar refractivity (Wildman–Crippen MR) is 66.1 cm³/mol. The van der Waals surface area contributed by atoms with E-state index in [-0.39, 0.29) is 11.6 Å². The molecule has 5 nitrogen and oxygen atoms in total. The SMILES string of the molecule is COC1(C(C)NC(=O)OC(C)(C)C)CCNC1. The largest absolute Gasteiger partial charge is 0.444 e. The highest BCUT2D eigenvalue weighted by Gasteiger charge is 2.40. The van der Waals surface area contributed by atoms with Gasteiger partial charge in [0.05, 0.1) is 6.04 Å². The summed E-state index contributed by atoms with van der Waals surface area (Å²) >= 11 is 0. The summed E-state index contributed by atoms with van der Waals surface area (Å²) in [5, 5.41) is 6.09. The number of methoxy groups -OCH3 is 1. The van der Waals surface area contributed by atoms with Crippen LogP contribution in [0, 0.1) is 0 Å². The third-order valence-corrected chi connectivity index (χ3v) is 3.08. The average Bonchev–Trinajstić information content (AvgIpc) is 2.63. The van der Waals surface area contributed by atoms with Crippen molar-refractivity contribution in [1.29, 1.82) is 0 Å². The molecule has 2 unspecified atom stereocenters. The van der Waals surface area contributed by atoms with Crippen LogP contribution >= 0.6 is 0 Å². The van der Waals surface area contributed by atoms with E-state index in [1.54, 1.807) is 7.11 Å². The molecule has 100 valence electrons. The normalized spacial score (nSPS) is 26.6. The molecular weight excluding hydrogens is 220 g/mol. The summed E-state index contributed by atoms with van der Waals surface area (Å²) in [5.74, 6) is 0. The Labute approximate surface area is 103 Å². The fourth-order valence-corrected chi connectivity index (χ4v) is 2.02. The van der Waals surface area contributed by atoms with Crippen molar-refractivity contribution >= 4 is 6.09 Å². The molecule has 1 aliphatic rings. The van der Waals surface area contributed by atoms with E-state index in [0.29, 0.717) is 0 Å². The lowest BCUT2D eigenvalue weighted by molar-refractivity contribution is -0.0239. The van der Waals surface area contributed by atoms with Crippen LogP contribution < -0.4 is 10.6 Å². The molecule has 0 saturated carbocycles. The zero-order valence-electron chi connectivity index (χ0n) is 11.4. The number of hydrogen-bond acceptors (Lipinski definition) is 4. The van der Waals surface area contributed by atoms with Gasteiger partial charge < -0.3 is 20.1 Å². The summed E-state index contributed by atoms with van der Waals surface area (Å²) in [5.41, 5.74) is -0.797. The minimum absolute atomic E-state index is 0.0858. The Morgan fingerprint density at radius 2 is 2.12 bits per heavy atom. The zero-order chi connectivity index (χ0) is 13.1. The lowest BCUT2D eigenvalue weighted by atomic mass is 9.94. The van der Waals surface area contributed by atoms with Crippen LogP contribution in [0.1, 0.15) is 34.1 Å². The van der Waals surface area contributed by atoms with Crippen molar-refractivity contribution < 1.29 is 14.3 Å². The van der Waals surface area contributed by atoms with Crippen molar-refractivity contribution in [2.45, 2.75) is 51.4 Å². The van der Waals surface area contributed by atoms with Crippen molar-refractivity contribution in [2.75, 3.05) is 20.2 Å². The quantitative estimate of drug-likeness (QED) is 0.785. The first kappa shape index (κ1) is 14.3. The van der Waals surface area contributed by atoms with E-state index >= 15 is 0 Å². The molecule has 0 aliphatic carbocycles. The van der Waals surface area contributed by atoms with Crippen LogP contribution in [-0.2, 0) is 9.47 Å². The number of rotatable bonds is 3. The molecule has 0 aromatic heterocycles. The molecule has 0 spiro atoms. The topological polar surface area (TPSA) is 59.6 Å². The Balaban J connectivity index is 2.53. The number of carbonyl (C=O) groups excluding carboxylic acids is 1. The van der Waals surface area contributed by atoms with Crippen LogP contribution in [0.5, 0.6) is 0 Å². The molecule has 5 heteroatoms. The predicted octanol–water partition coefficient (Wildman–Crippen LogP) is 1.28. The maximum absolute atomic E-state index is 11.7. The van der Waals surface area contributed by atoms with Crippen LogP contribution in [0.25, 0.3) is 0 Å². The number of ether oxygens (including phenoxy) is 2. The lowest BCUT2D eigenvalue weighted by Gasteiger charge is -2.34. The van der Waals surface area contributed by atoms with E-state index in [4.69, 9.17) is 9.47 Å². The van der Waals surface area contributed by atoms with Crippen molar-refractivity contribution in [2.24, 2.45) is 0 Å². The fourth-order valence-electron chi connectivity index (χ4n) is 2.02. The first-order valence-corrected chi connectivity index (χ1v) is 6.04. The molecule has 1 fully saturated rings. The van der Waals surface area contributed by atoms with Gasteiger partial charge in [-0.1, -0.05) is 0 Å². The molecule has 0 aromatic rings. The van der Waals surface area contributed by atoms with Gasteiger partial charge >= 0.3 is 6.09 Å². The van der Waals surface area contributed by atoms with Crippen molar-refractivity contribution in [3.05, 3.63) is 0 Å². The van der Waals surface area contributed by atoms with Crippen molar-refractivity contribution in [3.8, 4) is 0 Å². The summed E-state index contributed by atoms with van der Waals surface area (Å²) in [6.45, 7) is 9.15. The van der Waals surface area contributed by atoms with E-state index in [1.807, 2.05) is 27.7 Å². The van der Waals surface area contributed by atoms with Crippen LogP contribution in [-0.4, -0.2) is 43.5 Å². The summed E-state index contributed by atoms with van der Waals surface area (Å²) in [6.07, 6.45) is 0.494. The van der Waals surface area contributed by atoms with Crippen LogP contribution in [0.4, 0.5) is 4.79 Å². The molecule has 1 heterocycles. The fraction of sp³-hybridized carbons (Fsp3) is 0.917. The molecule has 1 amide bonds. The first-order valence-electron chi connectivity index (χ1n) is 6.04. The van der Waals surface area contributed by atoms with Crippen molar-refractivity contribution in [3.63, 3.8) is 0 Å². The van der Waals surface area contributed by atoms with Gasteiger partial charge in [-0.25, -0.2) is 4.79 Å². The van der Waals surface area contributed by atoms with Gasteiger partial charge in [0, 0.05) is 13.7 Å². The van der Waals surface area contributed by atoms with E-state index < -0.39 is 11.7 Å². The van der Waals surface area contributed by atoms with E-state index in [2.05, 4.69) is 10.6 Å². The second-order valence-electron chi connectivity index (χ2n) is 5.56. The summed E-state index contributed by atoms with van der Waals surface area (Å²) < 4.78 is 10.8. The number of alkyl carbamates (subject to hydrolysis) is 1. The molecule has 0 aromatic carbocycles. The Morgan fingerprint density at radius 3 is 2.53 bits per heavy atom. The molecule has 1 rings (SSSR count). The molecule has 2 N–H and O–H groups in total. The number of amides is 1. The highest BCUT2D eigenvalue weighted by Crippen LogP contribution is 2.23. The molecule has 2 atom stereocenters. The molecule has 1 aliphatic heterocycles. The number of hydrogen-bond donors (Lipinski definition) is 2. The molecule has 0 bridgehead atoms.